The number of halogens is 1. The van der Waals surface area contributed by atoms with Crippen LogP contribution in [0.2, 0.25) is 5.02 Å². The molecule has 3 atom stereocenters. The number of carbonyl (C=O) groups is 1. The standard InChI is InChI=1S/C16H17ClN2O4/c1-9-11(6-5-10(8-18)13(9)17)19-14(22-2)16(23-15(19)21)7-3-4-12(16)20/h5-6,12,14,20H,3-4,7H2,1-2H3/t12-,14-,16-/m1/s1. The van der Waals surface area contributed by atoms with Crippen LogP contribution in [0.5, 0.6) is 0 Å². The van der Waals surface area contributed by atoms with E-state index in [0.29, 0.717) is 34.7 Å². The van der Waals surface area contributed by atoms with E-state index >= 15 is 0 Å². The van der Waals surface area contributed by atoms with Gasteiger partial charge < -0.3 is 14.6 Å². The third kappa shape index (κ3) is 2.19. The van der Waals surface area contributed by atoms with Crippen LogP contribution < -0.4 is 4.90 Å². The van der Waals surface area contributed by atoms with Gasteiger partial charge in [-0.15, -0.1) is 0 Å². The van der Waals surface area contributed by atoms with E-state index in [9.17, 15) is 9.90 Å². The molecule has 0 aromatic heterocycles. The van der Waals surface area contributed by atoms with Crippen molar-refractivity contribution in [3.63, 3.8) is 0 Å². The van der Waals surface area contributed by atoms with Crippen LogP contribution >= 0.6 is 11.6 Å². The van der Waals surface area contributed by atoms with Gasteiger partial charge in [-0.25, -0.2) is 9.69 Å². The number of amides is 1. The van der Waals surface area contributed by atoms with Crippen molar-refractivity contribution in [2.45, 2.75) is 44.1 Å². The predicted octanol–water partition coefficient (Wildman–Crippen LogP) is 2.73. The average molecular weight is 337 g/mol. The van der Waals surface area contributed by atoms with Crippen LogP contribution in [0.1, 0.15) is 30.4 Å². The van der Waals surface area contributed by atoms with Gasteiger partial charge >= 0.3 is 6.09 Å². The van der Waals surface area contributed by atoms with E-state index in [1.54, 1.807) is 19.1 Å². The van der Waals surface area contributed by atoms with E-state index in [0.717, 1.165) is 6.42 Å². The molecule has 0 radical (unpaired) electrons. The fourth-order valence-electron chi connectivity index (χ4n) is 3.52. The molecule has 7 heteroatoms. The van der Waals surface area contributed by atoms with Gasteiger partial charge in [0.15, 0.2) is 11.8 Å². The highest BCUT2D eigenvalue weighted by Crippen LogP contribution is 2.46. The molecule has 1 amide bonds. The molecule has 0 unspecified atom stereocenters. The monoisotopic (exact) mass is 336 g/mol. The Bertz CT molecular complexity index is 702. The molecule has 2 aliphatic rings. The Morgan fingerprint density at radius 3 is 2.87 bits per heavy atom. The second-order valence-corrected chi connectivity index (χ2v) is 6.25. The number of anilines is 1. The highest BCUT2D eigenvalue weighted by Gasteiger charge is 2.61. The average Bonchev–Trinajstić information content (AvgIpc) is 3.03. The molecule has 2 fully saturated rings. The number of benzene rings is 1. The molecule has 1 aromatic rings. The quantitative estimate of drug-likeness (QED) is 0.897. The highest BCUT2D eigenvalue weighted by molar-refractivity contribution is 6.33. The minimum atomic E-state index is -1.06. The van der Waals surface area contributed by atoms with Crippen molar-refractivity contribution in [2.75, 3.05) is 12.0 Å². The minimum Gasteiger partial charge on any atom is -0.435 e. The summed E-state index contributed by atoms with van der Waals surface area (Å²) in [5, 5.41) is 19.7. The second-order valence-electron chi connectivity index (χ2n) is 5.87. The van der Waals surface area contributed by atoms with Crippen molar-refractivity contribution >= 4 is 23.4 Å². The van der Waals surface area contributed by atoms with Crippen molar-refractivity contribution in [2.24, 2.45) is 0 Å². The SMILES string of the molecule is CO[C@H]1N(c2ccc(C#N)c(Cl)c2C)C(=O)O[C@@]12CCC[C@H]2O. The van der Waals surface area contributed by atoms with Gasteiger partial charge in [0.25, 0.3) is 0 Å². The zero-order valence-corrected chi connectivity index (χ0v) is 13.6. The summed E-state index contributed by atoms with van der Waals surface area (Å²) in [6, 6.07) is 5.21. The number of nitrogens with zero attached hydrogens (tertiary/aromatic N) is 2. The summed E-state index contributed by atoms with van der Waals surface area (Å²) in [4.78, 5) is 13.8. The lowest BCUT2D eigenvalue weighted by atomic mass is 9.96. The van der Waals surface area contributed by atoms with E-state index in [1.807, 2.05) is 6.07 Å². The molecule has 1 spiro atoms. The number of aliphatic hydroxyl groups is 1. The molecular formula is C16H17ClN2O4. The number of carbonyl (C=O) groups excluding carboxylic acids is 1. The van der Waals surface area contributed by atoms with E-state index in [-0.39, 0.29) is 0 Å². The Kier molecular flexibility index (Phi) is 3.96. The molecule has 0 bridgehead atoms. The van der Waals surface area contributed by atoms with Crippen molar-refractivity contribution in [1.82, 2.24) is 0 Å². The van der Waals surface area contributed by atoms with Gasteiger partial charge in [0.1, 0.15) is 6.07 Å². The lowest BCUT2D eigenvalue weighted by molar-refractivity contribution is -0.107. The topological polar surface area (TPSA) is 82.8 Å². The summed E-state index contributed by atoms with van der Waals surface area (Å²) < 4.78 is 11.1. The third-order valence-electron chi connectivity index (χ3n) is 4.70. The van der Waals surface area contributed by atoms with Gasteiger partial charge in [0.2, 0.25) is 0 Å². The number of hydrogen-bond donors (Lipinski definition) is 1. The molecule has 122 valence electrons. The predicted molar refractivity (Wildman–Crippen MR) is 83.2 cm³/mol. The minimum absolute atomic E-state index is 0.292. The maximum Gasteiger partial charge on any atom is 0.417 e. The van der Waals surface area contributed by atoms with Crippen LogP contribution in [-0.2, 0) is 9.47 Å². The summed E-state index contributed by atoms with van der Waals surface area (Å²) in [6.45, 7) is 1.73. The number of methoxy groups -OCH3 is 1. The Morgan fingerprint density at radius 1 is 1.57 bits per heavy atom. The lowest BCUT2D eigenvalue weighted by Crippen LogP contribution is -2.51. The Hall–Kier alpha value is -1.81. The second kappa shape index (κ2) is 5.68. The van der Waals surface area contributed by atoms with Gasteiger partial charge in [0.05, 0.1) is 22.4 Å². The van der Waals surface area contributed by atoms with Crippen LogP contribution in [0, 0.1) is 18.3 Å². The number of ether oxygens (including phenoxy) is 2. The molecule has 1 aliphatic heterocycles. The zero-order valence-electron chi connectivity index (χ0n) is 12.9. The molecule has 6 nitrogen and oxygen atoms in total. The summed E-state index contributed by atoms with van der Waals surface area (Å²) in [5.41, 5.74) is 0.389. The number of nitriles is 1. The summed E-state index contributed by atoms with van der Waals surface area (Å²) >= 11 is 6.20. The number of rotatable bonds is 2. The van der Waals surface area contributed by atoms with Gasteiger partial charge in [-0.1, -0.05) is 11.6 Å². The summed E-state index contributed by atoms with van der Waals surface area (Å²) in [5.74, 6) is 0. The molecule has 23 heavy (non-hydrogen) atoms. The van der Waals surface area contributed by atoms with Crippen LogP contribution in [-0.4, -0.2) is 36.2 Å². The Labute approximate surface area is 139 Å². The number of hydrogen-bond acceptors (Lipinski definition) is 5. The van der Waals surface area contributed by atoms with Crippen LogP contribution in [0.3, 0.4) is 0 Å². The first-order chi connectivity index (χ1) is 11.0. The smallest absolute Gasteiger partial charge is 0.417 e. The van der Waals surface area contributed by atoms with Gasteiger partial charge in [-0.3, -0.25) is 0 Å². The zero-order chi connectivity index (χ0) is 16.8. The van der Waals surface area contributed by atoms with Crippen LogP contribution in [0.15, 0.2) is 12.1 Å². The van der Waals surface area contributed by atoms with Gasteiger partial charge in [0, 0.05) is 7.11 Å². The normalized spacial score (nSPS) is 29.9. The first kappa shape index (κ1) is 16.1. The molecule has 1 saturated heterocycles. The van der Waals surface area contributed by atoms with Gasteiger partial charge in [-0.2, -0.15) is 5.26 Å². The summed E-state index contributed by atoms with van der Waals surface area (Å²) in [7, 11) is 1.48. The highest BCUT2D eigenvalue weighted by atomic mass is 35.5. The lowest BCUT2D eigenvalue weighted by Gasteiger charge is -2.33. The summed E-state index contributed by atoms with van der Waals surface area (Å²) in [6.07, 6.45) is -0.228. The molecule has 1 aliphatic carbocycles. The Balaban J connectivity index is 2.08. The van der Waals surface area contributed by atoms with Crippen molar-refractivity contribution < 1.29 is 19.4 Å². The molecule has 1 heterocycles. The molecule has 3 rings (SSSR count). The van der Waals surface area contributed by atoms with Crippen molar-refractivity contribution in [1.29, 1.82) is 5.26 Å². The van der Waals surface area contributed by atoms with Gasteiger partial charge in [-0.05, 0) is 43.9 Å². The van der Waals surface area contributed by atoms with Crippen molar-refractivity contribution in [3.05, 3.63) is 28.3 Å². The fourth-order valence-corrected chi connectivity index (χ4v) is 3.72. The molecule has 1 N–H and O–H groups in total. The fraction of sp³-hybridized carbons (Fsp3) is 0.500. The van der Waals surface area contributed by atoms with E-state index in [1.165, 1.54) is 12.0 Å². The first-order valence-electron chi connectivity index (χ1n) is 7.38. The first-order valence-corrected chi connectivity index (χ1v) is 7.76. The third-order valence-corrected chi connectivity index (χ3v) is 5.18. The molecular weight excluding hydrogens is 320 g/mol. The van der Waals surface area contributed by atoms with E-state index < -0.39 is 24.0 Å². The Morgan fingerprint density at radius 2 is 2.30 bits per heavy atom. The maximum absolute atomic E-state index is 12.5. The van der Waals surface area contributed by atoms with E-state index in [4.69, 9.17) is 26.3 Å². The molecule has 1 aromatic carbocycles. The van der Waals surface area contributed by atoms with E-state index in [2.05, 4.69) is 0 Å². The van der Waals surface area contributed by atoms with Crippen LogP contribution in [0.4, 0.5) is 10.5 Å². The van der Waals surface area contributed by atoms with Crippen LogP contribution in [0.25, 0.3) is 0 Å². The maximum atomic E-state index is 12.5. The molecule has 1 saturated carbocycles. The number of aliphatic hydroxyl groups excluding tert-OH is 1. The van der Waals surface area contributed by atoms with Crippen molar-refractivity contribution in [3.8, 4) is 6.07 Å². The largest absolute Gasteiger partial charge is 0.435 e.